The highest BCUT2D eigenvalue weighted by molar-refractivity contribution is 5.88. The molecule has 0 bridgehead atoms. The number of halogens is 9. The van der Waals surface area contributed by atoms with Crippen molar-refractivity contribution in [2.45, 2.75) is 24.9 Å². The van der Waals surface area contributed by atoms with Crippen LogP contribution in [0.1, 0.15) is 12.0 Å². The molecule has 1 fully saturated rings. The Morgan fingerprint density at radius 1 is 1.03 bits per heavy atom. The maximum Gasteiger partial charge on any atom is 0.417 e. The number of pyridine rings is 1. The summed E-state index contributed by atoms with van der Waals surface area (Å²) in [5.74, 6) is -1.48. The SMILES string of the molecule is O=C(NNc1cc(C(F)(F)F)c2cc(N(CC(F)(F)F)CC(F)(F)F)ccc2n1)C1CCOC1. The van der Waals surface area contributed by atoms with Crippen LogP contribution in [0.3, 0.4) is 0 Å². The summed E-state index contributed by atoms with van der Waals surface area (Å²) in [6, 6.07) is 2.75. The zero-order valence-electron chi connectivity index (χ0n) is 17.0. The number of aromatic nitrogens is 1. The van der Waals surface area contributed by atoms with Gasteiger partial charge in [-0.1, -0.05) is 0 Å². The first-order chi connectivity index (χ1) is 15.6. The van der Waals surface area contributed by atoms with Crippen molar-refractivity contribution in [3.63, 3.8) is 0 Å². The number of rotatable bonds is 6. The van der Waals surface area contributed by atoms with E-state index < -0.39 is 65.9 Å². The van der Waals surface area contributed by atoms with Crippen LogP contribution < -0.4 is 15.8 Å². The van der Waals surface area contributed by atoms with E-state index in [-0.39, 0.29) is 17.0 Å². The number of nitrogens with one attached hydrogen (secondary N) is 2. The fourth-order valence-electron chi connectivity index (χ4n) is 3.35. The van der Waals surface area contributed by atoms with Crippen LogP contribution in [0.2, 0.25) is 0 Å². The molecular formula is C19H17F9N4O2. The maximum absolute atomic E-state index is 13.7. The van der Waals surface area contributed by atoms with Gasteiger partial charge in [-0.15, -0.1) is 0 Å². The lowest BCUT2D eigenvalue weighted by molar-refractivity contribution is -0.138. The summed E-state index contributed by atoms with van der Waals surface area (Å²) in [6.45, 7) is -3.55. The molecule has 2 N–H and O–H groups in total. The molecule has 188 valence electrons. The van der Waals surface area contributed by atoms with E-state index in [0.717, 1.165) is 12.1 Å². The minimum Gasteiger partial charge on any atom is -0.381 e. The molecule has 15 heteroatoms. The van der Waals surface area contributed by atoms with Crippen LogP contribution in [0, 0.1) is 5.92 Å². The molecule has 1 aromatic carbocycles. The van der Waals surface area contributed by atoms with Crippen molar-refractivity contribution in [1.29, 1.82) is 0 Å². The van der Waals surface area contributed by atoms with Gasteiger partial charge in [0.2, 0.25) is 5.91 Å². The Balaban J connectivity index is 1.96. The third-order valence-electron chi connectivity index (χ3n) is 4.82. The molecule has 34 heavy (non-hydrogen) atoms. The Morgan fingerprint density at radius 3 is 2.21 bits per heavy atom. The smallest absolute Gasteiger partial charge is 0.381 e. The van der Waals surface area contributed by atoms with Crippen LogP contribution in [0.4, 0.5) is 51.0 Å². The minimum absolute atomic E-state index is 0.115. The lowest BCUT2D eigenvalue weighted by atomic mass is 10.1. The van der Waals surface area contributed by atoms with Gasteiger partial charge in [-0.3, -0.25) is 15.6 Å². The van der Waals surface area contributed by atoms with E-state index in [0.29, 0.717) is 25.2 Å². The van der Waals surface area contributed by atoms with Crippen LogP contribution in [-0.2, 0) is 15.7 Å². The van der Waals surface area contributed by atoms with Crippen molar-refractivity contribution in [2.24, 2.45) is 5.92 Å². The van der Waals surface area contributed by atoms with Gasteiger partial charge in [0.15, 0.2) is 0 Å². The van der Waals surface area contributed by atoms with E-state index in [4.69, 9.17) is 4.74 Å². The molecule has 0 saturated carbocycles. The third kappa shape index (κ3) is 6.77. The highest BCUT2D eigenvalue weighted by Gasteiger charge is 2.38. The third-order valence-corrected chi connectivity index (χ3v) is 4.82. The summed E-state index contributed by atoms with van der Waals surface area (Å²) in [7, 11) is 0. The number of benzene rings is 1. The van der Waals surface area contributed by atoms with Gasteiger partial charge >= 0.3 is 18.5 Å². The summed E-state index contributed by atoms with van der Waals surface area (Å²) in [5, 5.41) is -0.708. The van der Waals surface area contributed by atoms with Gasteiger partial charge in [0.25, 0.3) is 0 Å². The number of nitrogens with zero attached hydrogens (tertiary/aromatic N) is 2. The number of alkyl halides is 9. The van der Waals surface area contributed by atoms with Gasteiger partial charge in [0.1, 0.15) is 18.9 Å². The average molecular weight is 504 g/mol. The lowest BCUT2D eigenvalue weighted by Crippen LogP contribution is -2.40. The number of amides is 1. The Kier molecular flexibility index (Phi) is 7.05. The Labute approximate surface area is 186 Å². The maximum atomic E-state index is 13.7. The molecule has 1 aromatic heterocycles. The Bertz CT molecular complexity index is 1020. The fourth-order valence-corrected chi connectivity index (χ4v) is 3.35. The molecule has 1 aliphatic rings. The Morgan fingerprint density at radius 2 is 1.68 bits per heavy atom. The minimum atomic E-state index is -5.04. The first kappa shape index (κ1) is 25.6. The van der Waals surface area contributed by atoms with Crippen molar-refractivity contribution in [3.8, 4) is 0 Å². The second-order valence-electron chi connectivity index (χ2n) is 7.52. The topological polar surface area (TPSA) is 66.5 Å². The number of fused-ring (bicyclic) bond motifs is 1. The molecule has 1 amide bonds. The van der Waals surface area contributed by atoms with Crippen LogP contribution in [-0.4, -0.2) is 49.5 Å². The molecular weight excluding hydrogens is 487 g/mol. The van der Waals surface area contributed by atoms with Crippen molar-refractivity contribution in [3.05, 3.63) is 29.8 Å². The number of hydrogen-bond acceptors (Lipinski definition) is 5. The first-order valence-electron chi connectivity index (χ1n) is 9.66. The molecule has 0 spiro atoms. The van der Waals surface area contributed by atoms with Crippen LogP contribution in [0.5, 0.6) is 0 Å². The number of anilines is 2. The predicted molar refractivity (Wildman–Crippen MR) is 102 cm³/mol. The fraction of sp³-hybridized carbons (Fsp3) is 0.474. The van der Waals surface area contributed by atoms with E-state index >= 15 is 0 Å². The van der Waals surface area contributed by atoms with Crippen LogP contribution in [0.25, 0.3) is 10.9 Å². The van der Waals surface area contributed by atoms with Crippen molar-refractivity contribution in [2.75, 3.05) is 36.6 Å². The summed E-state index contributed by atoms with van der Waals surface area (Å²) in [6.07, 6.45) is -14.7. The molecule has 2 heterocycles. The van der Waals surface area contributed by atoms with Gasteiger partial charge < -0.3 is 9.64 Å². The number of hydrazine groups is 1. The molecule has 1 atom stereocenters. The molecule has 0 aliphatic carbocycles. The zero-order chi connectivity index (χ0) is 25.3. The average Bonchev–Trinajstić information content (AvgIpc) is 3.22. The second kappa shape index (κ2) is 9.35. The van der Waals surface area contributed by atoms with E-state index in [1.54, 1.807) is 0 Å². The van der Waals surface area contributed by atoms with E-state index in [1.807, 2.05) is 0 Å². The summed E-state index contributed by atoms with van der Waals surface area (Å²) < 4.78 is 123. The number of carbonyl (C=O) groups excluding carboxylic acids is 1. The van der Waals surface area contributed by atoms with E-state index in [2.05, 4.69) is 15.8 Å². The Hall–Kier alpha value is -2.97. The quantitative estimate of drug-likeness (QED) is 0.443. The van der Waals surface area contributed by atoms with E-state index in [9.17, 15) is 44.3 Å². The lowest BCUT2D eigenvalue weighted by Gasteiger charge is -2.27. The normalized spacial score (nSPS) is 17.1. The summed E-state index contributed by atoms with van der Waals surface area (Å²) >= 11 is 0. The molecule has 1 aliphatic heterocycles. The molecule has 6 nitrogen and oxygen atoms in total. The summed E-state index contributed by atoms with van der Waals surface area (Å²) in [4.78, 5) is 15.8. The largest absolute Gasteiger partial charge is 0.417 e. The van der Waals surface area contributed by atoms with Crippen molar-refractivity contribution >= 4 is 28.3 Å². The van der Waals surface area contributed by atoms with Gasteiger partial charge in [0.05, 0.1) is 23.6 Å². The summed E-state index contributed by atoms with van der Waals surface area (Å²) in [5.41, 5.74) is 2.02. The number of hydrogen-bond donors (Lipinski definition) is 2. The highest BCUT2D eigenvalue weighted by atomic mass is 19.4. The number of ether oxygens (including phenoxy) is 1. The molecule has 3 rings (SSSR count). The van der Waals surface area contributed by atoms with Crippen molar-refractivity contribution in [1.82, 2.24) is 10.4 Å². The standard InChI is InChI=1S/C19H17F9N4O2/c20-17(21,22)8-32(9-18(23,24)25)11-1-2-14-12(5-11)13(19(26,27)28)6-15(29-14)30-31-16(33)10-3-4-34-7-10/h1-2,5-6,10H,3-4,7-9H2,(H,29,30)(H,31,33). The molecule has 0 radical (unpaired) electrons. The van der Waals surface area contributed by atoms with Crippen LogP contribution >= 0.6 is 0 Å². The number of carbonyl (C=O) groups is 1. The van der Waals surface area contributed by atoms with Crippen LogP contribution in [0.15, 0.2) is 24.3 Å². The van der Waals surface area contributed by atoms with Gasteiger partial charge in [-0.05, 0) is 30.7 Å². The molecule has 1 saturated heterocycles. The monoisotopic (exact) mass is 504 g/mol. The second-order valence-corrected chi connectivity index (χ2v) is 7.52. The first-order valence-corrected chi connectivity index (χ1v) is 9.66. The molecule has 1 unspecified atom stereocenters. The van der Waals surface area contributed by atoms with Gasteiger partial charge in [-0.2, -0.15) is 39.5 Å². The van der Waals surface area contributed by atoms with Gasteiger partial charge in [0, 0.05) is 17.7 Å². The highest BCUT2D eigenvalue weighted by Crippen LogP contribution is 2.38. The van der Waals surface area contributed by atoms with Gasteiger partial charge in [-0.25, -0.2) is 4.98 Å². The van der Waals surface area contributed by atoms with E-state index in [1.165, 1.54) is 0 Å². The van der Waals surface area contributed by atoms with Crippen molar-refractivity contribution < 1.29 is 49.0 Å². The zero-order valence-corrected chi connectivity index (χ0v) is 17.0. The predicted octanol–water partition coefficient (Wildman–Crippen LogP) is 4.66. The molecule has 2 aromatic rings.